The van der Waals surface area contributed by atoms with Crippen molar-refractivity contribution >= 4 is 32.1 Å². The Hall–Kier alpha value is -2.71. The van der Waals surface area contributed by atoms with E-state index >= 15 is 0 Å². The number of aryl methyl sites for hydroxylation is 1. The second-order valence-electron chi connectivity index (χ2n) is 8.71. The molecule has 0 saturated carbocycles. The van der Waals surface area contributed by atoms with Gasteiger partial charge in [0.1, 0.15) is 23.1 Å². The van der Waals surface area contributed by atoms with Crippen LogP contribution in [0.4, 0.5) is 11.4 Å². The van der Waals surface area contributed by atoms with Crippen molar-refractivity contribution in [3.63, 3.8) is 0 Å². The van der Waals surface area contributed by atoms with E-state index in [1.165, 1.54) is 28.4 Å². The van der Waals surface area contributed by atoms with Crippen LogP contribution in [-0.2, 0) is 29.9 Å². The molecule has 2 aromatic carbocycles. The summed E-state index contributed by atoms with van der Waals surface area (Å²) in [6.45, 7) is 3.77. The first-order valence-electron chi connectivity index (χ1n) is 11.0. The number of aromatic nitrogens is 1. The zero-order valence-electron chi connectivity index (χ0n) is 18.6. The predicted octanol–water partition coefficient (Wildman–Crippen LogP) is 3.49. The molecule has 0 amide bonds. The van der Waals surface area contributed by atoms with Gasteiger partial charge in [0.15, 0.2) is 11.5 Å². The highest BCUT2D eigenvalue weighted by molar-refractivity contribution is 7.90. The van der Waals surface area contributed by atoms with Gasteiger partial charge in [0.05, 0.1) is 5.75 Å². The Bertz CT molecular complexity index is 1270. The molecular formula is C24H29N3O4S. The van der Waals surface area contributed by atoms with E-state index in [1.54, 1.807) is 0 Å². The van der Waals surface area contributed by atoms with Gasteiger partial charge in [0.25, 0.3) is 0 Å². The van der Waals surface area contributed by atoms with Gasteiger partial charge in [-0.25, -0.2) is 8.42 Å². The Labute approximate surface area is 188 Å². The molecule has 8 heteroatoms. The number of hydrogen-bond donors (Lipinski definition) is 1. The minimum atomic E-state index is -2.91. The molecule has 0 aliphatic carbocycles. The molecule has 0 fully saturated rings. The number of ether oxygens (including phenoxy) is 2. The standard InChI is InChI=1S/C24H29N3O4S/c1-26-21-6-4-17(25-18-5-7-23-24(15-18)31-12-11-30-23)14-19(21)20-16-27(10-8-22(20)26)9-3-13-32(2,28)29/h4-7,14-15,25H,3,8-13,16H2,1-2H3. The Morgan fingerprint density at radius 2 is 1.78 bits per heavy atom. The summed E-state index contributed by atoms with van der Waals surface area (Å²) in [5, 5.41) is 4.75. The first-order valence-corrected chi connectivity index (χ1v) is 13.1. The molecule has 170 valence electrons. The molecule has 2 aliphatic rings. The van der Waals surface area contributed by atoms with Crippen molar-refractivity contribution in [1.82, 2.24) is 9.47 Å². The lowest BCUT2D eigenvalue weighted by Gasteiger charge is -2.27. The van der Waals surface area contributed by atoms with Crippen LogP contribution in [0.15, 0.2) is 36.4 Å². The summed E-state index contributed by atoms with van der Waals surface area (Å²) in [6.07, 6.45) is 2.96. The molecule has 32 heavy (non-hydrogen) atoms. The molecule has 1 N–H and O–H groups in total. The van der Waals surface area contributed by atoms with E-state index < -0.39 is 9.84 Å². The van der Waals surface area contributed by atoms with Crippen LogP contribution in [0, 0.1) is 0 Å². The lowest BCUT2D eigenvalue weighted by molar-refractivity contribution is 0.171. The summed E-state index contributed by atoms with van der Waals surface area (Å²) in [6, 6.07) is 12.4. The van der Waals surface area contributed by atoms with Gasteiger partial charge in [0, 0.05) is 66.9 Å². The highest BCUT2D eigenvalue weighted by Crippen LogP contribution is 2.35. The van der Waals surface area contributed by atoms with Crippen LogP contribution in [0.25, 0.3) is 10.9 Å². The number of benzene rings is 2. The highest BCUT2D eigenvalue weighted by atomic mass is 32.2. The lowest BCUT2D eigenvalue weighted by Crippen LogP contribution is -2.32. The molecule has 0 atom stereocenters. The Morgan fingerprint density at radius 3 is 2.59 bits per heavy atom. The normalized spacial score (nSPS) is 16.2. The third-order valence-corrected chi connectivity index (χ3v) is 7.33. The highest BCUT2D eigenvalue weighted by Gasteiger charge is 2.23. The number of anilines is 2. The van der Waals surface area contributed by atoms with E-state index in [2.05, 4.69) is 40.0 Å². The van der Waals surface area contributed by atoms with Crippen molar-refractivity contribution in [3.05, 3.63) is 47.7 Å². The maximum Gasteiger partial charge on any atom is 0.163 e. The first-order chi connectivity index (χ1) is 15.4. The summed E-state index contributed by atoms with van der Waals surface area (Å²) in [4.78, 5) is 2.37. The molecule has 0 radical (unpaired) electrons. The quantitative estimate of drug-likeness (QED) is 0.614. The van der Waals surface area contributed by atoms with E-state index in [0.717, 1.165) is 48.9 Å². The van der Waals surface area contributed by atoms with Crippen LogP contribution >= 0.6 is 0 Å². The van der Waals surface area contributed by atoms with Crippen LogP contribution in [0.3, 0.4) is 0 Å². The third-order valence-electron chi connectivity index (χ3n) is 6.30. The Kier molecular flexibility index (Phi) is 5.51. The molecule has 0 saturated heterocycles. The van der Waals surface area contributed by atoms with Crippen molar-refractivity contribution in [1.29, 1.82) is 0 Å². The Morgan fingerprint density at radius 1 is 1.03 bits per heavy atom. The fraction of sp³-hybridized carbons (Fsp3) is 0.417. The molecular weight excluding hydrogens is 426 g/mol. The molecule has 3 aromatic rings. The van der Waals surface area contributed by atoms with Crippen molar-refractivity contribution in [2.45, 2.75) is 19.4 Å². The second-order valence-corrected chi connectivity index (χ2v) is 11.0. The zero-order chi connectivity index (χ0) is 22.3. The van der Waals surface area contributed by atoms with E-state index in [1.807, 2.05) is 18.2 Å². The zero-order valence-corrected chi connectivity index (χ0v) is 19.4. The SMILES string of the molecule is Cn1c2c(c3cc(Nc4ccc5c(c4)OCCO5)ccc31)CN(CCCS(C)(=O)=O)CC2. The van der Waals surface area contributed by atoms with Crippen LogP contribution in [0.2, 0.25) is 0 Å². The molecule has 2 aliphatic heterocycles. The number of rotatable bonds is 6. The molecule has 0 unspecified atom stereocenters. The predicted molar refractivity (Wildman–Crippen MR) is 127 cm³/mol. The van der Waals surface area contributed by atoms with Gasteiger partial charge in [-0.2, -0.15) is 0 Å². The lowest BCUT2D eigenvalue weighted by atomic mass is 10.0. The van der Waals surface area contributed by atoms with Crippen molar-refractivity contribution in [2.75, 3.05) is 43.6 Å². The van der Waals surface area contributed by atoms with E-state index in [4.69, 9.17) is 9.47 Å². The van der Waals surface area contributed by atoms with E-state index in [-0.39, 0.29) is 5.75 Å². The van der Waals surface area contributed by atoms with Crippen LogP contribution < -0.4 is 14.8 Å². The van der Waals surface area contributed by atoms with Gasteiger partial charge in [-0.05, 0) is 48.9 Å². The second kappa shape index (κ2) is 8.33. The molecule has 1 aromatic heterocycles. The fourth-order valence-corrected chi connectivity index (χ4v) is 5.40. The smallest absolute Gasteiger partial charge is 0.163 e. The van der Waals surface area contributed by atoms with Gasteiger partial charge >= 0.3 is 0 Å². The number of fused-ring (bicyclic) bond motifs is 4. The monoisotopic (exact) mass is 455 g/mol. The topological polar surface area (TPSA) is 72.8 Å². The van der Waals surface area contributed by atoms with Gasteiger partial charge in [0.2, 0.25) is 0 Å². The average molecular weight is 456 g/mol. The summed E-state index contributed by atoms with van der Waals surface area (Å²) < 4.78 is 36.6. The molecule has 3 heterocycles. The maximum absolute atomic E-state index is 11.5. The van der Waals surface area contributed by atoms with Gasteiger partial charge in [-0.15, -0.1) is 0 Å². The number of sulfone groups is 1. The summed E-state index contributed by atoms with van der Waals surface area (Å²) in [5.74, 6) is 1.80. The summed E-state index contributed by atoms with van der Waals surface area (Å²) in [5.41, 5.74) is 5.92. The van der Waals surface area contributed by atoms with E-state index in [9.17, 15) is 8.42 Å². The summed E-state index contributed by atoms with van der Waals surface area (Å²) in [7, 11) is -0.780. The first kappa shape index (κ1) is 21.2. The molecule has 5 rings (SSSR count). The number of nitrogens with one attached hydrogen (secondary N) is 1. The van der Waals surface area contributed by atoms with Crippen molar-refractivity contribution < 1.29 is 17.9 Å². The largest absolute Gasteiger partial charge is 0.486 e. The van der Waals surface area contributed by atoms with E-state index in [0.29, 0.717) is 19.6 Å². The van der Waals surface area contributed by atoms with Crippen LogP contribution in [-0.4, -0.2) is 56.2 Å². The van der Waals surface area contributed by atoms with Crippen molar-refractivity contribution in [3.8, 4) is 11.5 Å². The summed E-state index contributed by atoms with van der Waals surface area (Å²) >= 11 is 0. The molecule has 7 nitrogen and oxygen atoms in total. The fourth-order valence-electron chi connectivity index (χ4n) is 4.74. The van der Waals surface area contributed by atoms with Crippen molar-refractivity contribution in [2.24, 2.45) is 7.05 Å². The molecule has 0 bridgehead atoms. The maximum atomic E-state index is 11.5. The van der Waals surface area contributed by atoms with Crippen LogP contribution in [0.5, 0.6) is 11.5 Å². The minimum absolute atomic E-state index is 0.246. The van der Waals surface area contributed by atoms with Gasteiger partial charge < -0.3 is 19.4 Å². The number of nitrogens with zero attached hydrogens (tertiary/aromatic N) is 2. The third kappa shape index (κ3) is 4.29. The minimum Gasteiger partial charge on any atom is -0.486 e. The number of hydrogen-bond acceptors (Lipinski definition) is 6. The molecule has 0 spiro atoms. The van der Waals surface area contributed by atoms with Gasteiger partial charge in [-0.1, -0.05) is 0 Å². The van der Waals surface area contributed by atoms with Crippen LogP contribution in [0.1, 0.15) is 17.7 Å². The Balaban J connectivity index is 1.38. The average Bonchev–Trinajstić information content (AvgIpc) is 3.04. The van der Waals surface area contributed by atoms with Gasteiger partial charge in [-0.3, -0.25) is 4.90 Å².